The molecule has 0 saturated carbocycles. The van der Waals surface area contributed by atoms with Gasteiger partial charge in [0.25, 0.3) is 0 Å². The normalized spacial score (nSPS) is 12.9. The van der Waals surface area contributed by atoms with Crippen LogP contribution in [0.1, 0.15) is 23.6 Å². The van der Waals surface area contributed by atoms with Crippen molar-refractivity contribution in [3.8, 4) is 0 Å². The number of nitrogens with one attached hydrogen (secondary N) is 1. The number of fused-ring (bicyclic) bond motifs is 1. The summed E-state index contributed by atoms with van der Waals surface area (Å²) in [5.74, 6) is 0.962. The monoisotopic (exact) mass is 291 g/mol. The first-order valence-electron chi connectivity index (χ1n) is 6.18. The second-order valence-corrected chi connectivity index (χ2v) is 6.29. The molecule has 4 heteroatoms. The molecule has 0 bridgehead atoms. The van der Waals surface area contributed by atoms with Gasteiger partial charge in [0.05, 0.1) is 10.4 Å². The first-order valence-corrected chi connectivity index (χ1v) is 7.38. The molecule has 2 aromatic heterocycles. The third-order valence-electron chi connectivity index (χ3n) is 3.08. The van der Waals surface area contributed by atoms with E-state index >= 15 is 0 Å². The predicted molar refractivity (Wildman–Crippen MR) is 80.8 cm³/mol. The Bertz CT molecular complexity index is 655. The van der Waals surface area contributed by atoms with Gasteiger partial charge in [0.1, 0.15) is 11.3 Å². The van der Waals surface area contributed by atoms with Crippen LogP contribution in [0.5, 0.6) is 0 Å². The molecule has 2 heterocycles. The van der Waals surface area contributed by atoms with Gasteiger partial charge in [-0.1, -0.05) is 29.8 Å². The van der Waals surface area contributed by atoms with Crippen molar-refractivity contribution in [3.63, 3.8) is 0 Å². The number of halogens is 1. The molecule has 1 aromatic carbocycles. The van der Waals surface area contributed by atoms with Crippen molar-refractivity contribution >= 4 is 33.9 Å². The van der Waals surface area contributed by atoms with E-state index in [1.165, 1.54) is 4.88 Å². The minimum Gasteiger partial charge on any atom is -0.459 e. The number of benzene rings is 1. The SMILES string of the molecule is CC(NCc1ccc(Cl)s1)c1cc2ccccc2o1. The molecule has 0 amide bonds. The molecule has 2 nitrogen and oxygen atoms in total. The van der Waals surface area contributed by atoms with E-state index in [0.717, 1.165) is 27.6 Å². The molecule has 0 aliphatic rings. The topological polar surface area (TPSA) is 25.2 Å². The summed E-state index contributed by atoms with van der Waals surface area (Å²) >= 11 is 7.52. The maximum Gasteiger partial charge on any atom is 0.134 e. The van der Waals surface area contributed by atoms with Crippen molar-refractivity contribution in [1.29, 1.82) is 0 Å². The van der Waals surface area contributed by atoms with E-state index in [9.17, 15) is 0 Å². The standard InChI is InChI=1S/C15H14ClNOS/c1-10(17-9-12-6-7-15(16)19-12)14-8-11-4-2-3-5-13(11)18-14/h2-8,10,17H,9H2,1H3. The lowest BCUT2D eigenvalue weighted by molar-refractivity contribution is 0.452. The van der Waals surface area contributed by atoms with Gasteiger partial charge >= 0.3 is 0 Å². The van der Waals surface area contributed by atoms with Crippen LogP contribution in [0, 0.1) is 0 Å². The van der Waals surface area contributed by atoms with Crippen LogP contribution in [-0.2, 0) is 6.54 Å². The molecule has 0 aliphatic carbocycles. The maximum atomic E-state index is 5.92. The molecular formula is C15H14ClNOS. The number of furan rings is 1. The zero-order valence-electron chi connectivity index (χ0n) is 10.5. The third kappa shape index (κ3) is 2.84. The molecule has 19 heavy (non-hydrogen) atoms. The van der Waals surface area contributed by atoms with E-state index in [2.05, 4.69) is 24.4 Å². The summed E-state index contributed by atoms with van der Waals surface area (Å²) in [6, 6.07) is 14.3. The van der Waals surface area contributed by atoms with Crippen LogP contribution in [0.25, 0.3) is 11.0 Å². The molecule has 3 rings (SSSR count). The zero-order chi connectivity index (χ0) is 13.2. The Morgan fingerprint density at radius 1 is 1.26 bits per heavy atom. The van der Waals surface area contributed by atoms with Crippen LogP contribution < -0.4 is 5.32 Å². The highest BCUT2D eigenvalue weighted by Crippen LogP contribution is 2.25. The summed E-state index contributed by atoms with van der Waals surface area (Å²) in [5, 5.41) is 4.59. The van der Waals surface area contributed by atoms with Gasteiger partial charge in [-0.25, -0.2) is 0 Å². The van der Waals surface area contributed by atoms with Gasteiger partial charge in [-0.2, -0.15) is 0 Å². The average Bonchev–Trinajstić information content (AvgIpc) is 3.01. The number of thiophene rings is 1. The fourth-order valence-corrected chi connectivity index (χ4v) is 3.06. The third-order valence-corrected chi connectivity index (χ3v) is 4.31. The quantitative estimate of drug-likeness (QED) is 0.732. The van der Waals surface area contributed by atoms with E-state index in [1.807, 2.05) is 30.3 Å². The van der Waals surface area contributed by atoms with E-state index < -0.39 is 0 Å². The smallest absolute Gasteiger partial charge is 0.134 e. The van der Waals surface area contributed by atoms with Crippen molar-refractivity contribution in [1.82, 2.24) is 5.32 Å². The highest BCUT2D eigenvalue weighted by molar-refractivity contribution is 7.16. The largest absolute Gasteiger partial charge is 0.459 e. The van der Waals surface area contributed by atoms with E-state index in [1.54, 1.807) is 11.3 Å². The number of hydrogen-bond acceptors (Lipinski definition) is 3. The summed E-state index contributed by atoms with van der Waals surface area (Å²) in [6.07, 6.45) is 0. The second-order valence-electron chi connectivity index (χ2n) is 4.50. The Hall–Kier alpha value is -1.29. The lowest BCUT2D eigenvalue weighted by Gasteiger charge is -2.09. The van der Waals surface area contributed by atoms with Crippen LogP contribution in [0.4, 0.5) is 0 Å². The van der Waals surface area contributed by atoms with Crippen molar-refractivity contribution < 1.29 is 4.42 Å². The van der Waals surface area contributed by atoms with E-state index in [4.69, 9.17) is 16.0 Å². The summed E-state index contributed by atoms with van der Waals surface area (Å²) in [6.45, 7) is 2.91. The van der Waals surface area contributed by atoms with E-state index in [-0.39, 0.29) is 6.04 Å². The molecule has 0 saturated heterocycles. The van der Waals surface area contributed by atoms with Crippen LogP contribution >= 0.6 is 22.9 Å². The Morgan fingerprint density at radius 2 is 2.11 bits per heavy atom. The van der Waals surface area contributed by atoms with Crippen molar-refractivity contribution in [2.75, 3.05) is 0 Å². The fraction of sp³-hybridized carbons (Fsp3) is 0.200. The summed E-state index contributed by atoms with van der Waals surface area (Å²) in [7, 11) is 0. The van der Waals surface area contributed by atoms with E-state index in [0.29, 0.717) is 0 Å². The van der Waals surface area contributed by atoms with Gasteiger partial charge in [-0.05, 0) is 31.2 Å². The molecule has 98 valence electrons. The maximum absolute atomic E-state index is 5.92. The fourth-order valence-electron chi connectivity index (χ4n) is 2.02. The van der Waals surface area contributed by atoms with Gasteiger partial charge in [-0.3, -0.25) is 0 Å². The van der Waals surface area contributed by atoms with Gasteiger partial charge in [0.15, 0.2) is 0 Å². The summed E-state index contributed by atoms with van der Waals surface area (Å²) in [4.78, 5) is 1.23. The second kappa shape index (κ2) is 5.37. The van der Waals surface area contributed by atoms with Gasteiger partial charge in [-0.15, -0.1) is 11.3 Å². The Kier molecular flexibility index (Phi) is 3.60. The highest BCUT2D eigenvalue weighted by atomic mass is 35.5. The first-order chi connectivity index (χ1) is 9.22. The zero-order valence-corrected chi connectivity index (χ0v) is 12.1. The van der Waals surface area contributed by atoms with Crippen molar-refractivity contribution in [2.24, 2.45) is 0 Å². The Morgan fingerprint density at radius 3 is 2.84 bits per heavy atom. The molecule has 1 atom stereocenters. The van der Waals surface area contributed by atoms with Crippen LogP contribution in [-0.4, -0.2) is 0 Å². The highest BCUT2D eigenvalue weighted by Gasteiger charge is 2.11. The van der Waals surface area contributed by atoms with Gasteiger partial charge < -0.3 is 9.73 Å². The van der Waals surface area contributed by atoms with Crippen molar-refractivity contribution in [3.05, 3.63) is 57.4 Å². The number of rotatable bonds is 4. The van der Waals surface area contributed by atoms with Crippen LogP contribution in [0.2, 0.25) is 4.34 Å². The number of hydrogen-bond donors (Lipinski definition) is 1. The van der Waals surface area contributed by atoms with Gasteiger partial charge in [0.2, 0.25) is 0 Å². The Labute approximate surface area is 121 Å². The molecule has 1 unspecified atom stereocenters. The summed E-state index contributed by atoms with van der Waals surface area (Å²) in [5.41, 5.74) is 0.935. The van der Waals surface area contributed by atoms with Crippen LogP contribution in [0.15, 0.2) is 46.9 Å². The minimum absolute atomic E-state index is 0.174. The Balaban J connectivity index is 1.71. The molecule has 0 aliphatic heterocycles. The average molecular weight is 292 g/mol. The molecule has 0 radical (unpaired) electrons. The van der Waals surface area contributed by atoms with Crippen LogP contribution in [0.3, 0.4) is 0 Å². The first kappa shape index (κ1) is 12.7. The van der Waals surface area contributed by atoms with Gasteiger partial charge in [0, 0.05) is 16.8 Å². The lowest BCUT2D eigenvalue weighted by Crippen LogP contribution is -2.16. The minimum atomic E-state index is 0.174. The molecule has 1 N–H and O–H groups in total. The van der Waals surface area contributed by atoms with Crippen molar-refractivity contribution in [2.45, 2.75) is 19.5 Å². The number of para-hydroxylation sites is 1. The summed E-state index contributed by atoms with van der Waals surface area (Å²) < 4.78 is 6.67. The lowest BCUT2D eigenvalue weighted by atomic mass is 10.2. The molecule has 0 fully saturated rings. The predicted octanol–water partition coefficient (Wildman–Crippen LogP) is 5.00. The molecule has 0 spiro atoms. The molecule has 3 aromatic rings. The molecular weight excluding hydrogens is 278 g/mol.